The van der Waals surface area contributed by atoms with Gasteiger partial charge in [-0.15, -0.1) is 11.3 Å². The fraction of sp³-hybridized carbons (Fsp3) is 0.471. The van der Waals surface area contributed by atoms with E-state index in [4.69, 9.17) is 4.98 Å². The molecule has 0 spiro atoms. The predicted molar refractivity (Wildman–Crippen MR) is 89.6 cm³/mol. The van der Waals surface area contributed by atoms with Gasteiger partial charge < -0.3 is 5.32 Å². The number of thiazole rings is 1. The van der Waals surface area contributed by atoms with Gasteiger partial charge in [-0.25, -0.2) is 4.98 Å². The van der Waals surface area contributed by atoms with E-state index in [1.165, 1.54) is 23.4 Å². The van der Waals surface area contributed by atoms with E-state index < -0.39 is 0 Å². The van der Waals surface area contributed by atoms with Crippen molar-refractivity contribution in [1.82, 2.24) is 15.2 Å². The summed E-state index contributed by atoms with van der Waals surface area (Å²) < 4.78 is 0. The maximum Gasteiger partial charge on any atom is 0.110 e. The van der Waals surface area contributed by atoms with E-state index in [2.05, 4.69) is 52.9 Å². The molecule has 1 aliphatic rings. The zero-order chi connectivity index (χ0) is 14.5. The highest BCUT2D eigenvalue weighted by Gasteiger charge is 2.24. The lowest BCUT2D eigenvalue weighted by molar-refractivity contribution is 0.164. The highest BCUT2D eigenvalue weighted by molar-refractivity contribution is 7.10. The fourth-order valence-corrected chi connectivity index (χ4v) is 3.91. The number of piperazine rings is 1. The fourth-order valence-electron chi connectivity index (χ4n) is 2.91. The first-order chi connectivity index (χ1) is 10.4. The van der Waals surface area contributed by atoms with E-state index in [9.17, 15) is 0 Å². The van der Waals surface area contributed by atoms with E-state index >= 15 is 0 Å². The highest BCUT2D eigenvalue weighted by atomic mass is 32.1. The summed E-state index contributed by atoms with van der Waals surface area (Å²) >= 11 is 1.81. The Morgan fingerprint density at radius 3 is 2.71 bits per heavy atom. The normalized spacial score (nSPS) is 17.8. The molecule has 2 heterocycles. The van der Waals surface area contributed by atoms with Gasteiger partial charge in [0.15, 0.2) is 0 Å². The monoisotopic (exact) mass is 301 g/mol. The molecule has 2 aromatic rings. The highest BCUT2D eigenvalue weighted by Crippen LogP contribution is 2.31. The van der Waals surface area contributed by atoms with E-state index in [-0.39, 0.29) is 0 Å². The minimum Gasteiger partial charge on any atom is -0.314 e. The Morgan fingerprint density at radius 2 is 2.00 bits per heavy atom. The van der Waals surface area contributed by atoms with E-state index in [1.807, 2.05) is 11.3 Å². The quantitative estimate of drug-likeness (QED) is 0.915. The lowest BCUT2D eigenvalue weighted by Crippen LogP contribution is -2.45. The van der Waals surface area contributed by atoms with E-state index in [0.29, 0.717) is 6.04 Å². The molecule has 1 aromatic carbocycles. The van der Waals surface area contributed by atoms with Gasteiger partial charge in [-0.2, -0.15) is 0 Å². The molecule has 1 aliphatic heterocycles. The number of nitrogens with one attached hydrogen (secondary N) is 1. The molecule has 0 amide bonds. The molecule has 3 nitrogen and oxygen atoms in total. The average molecular weight is 301 g/mol. The average Bonchev–Trinajstić information content (AvgIpc) is 3.04. The van der Waals surface area contributed by atoms with E-state index in [0.717, 1.165) is 31.9 Å². The molecule has 112 valence electrons. The van der Waals surface area contributed by atoms with Gasteiger partial charge in [0, 0.05) is 37.1 Å². The summed E-state index contributed by atoms with van der Waals surface area (Å²) in [5.74, 6) is 0. The van der Waals surface area contributed by atoms with Gasteiger partial charge >= 0.3 is 0 Å². The van der Waals surface area contributed by atoms with Gasteiger partial charge in [0.25, 0.3) is 0 Å². The summed E-state index contributed by atoms with van der Waals surface area (Å²) in [5.41, 5.74) is 2.34. The van der Waals surface area contributed by atoms with Crippen LogP contribution in [0.4, 0.5) is 0 Å². The summed E-state index contributed by atoms with van der Waals surface area (Å²) in [4.78, 5) is 7.52. The van der Waals surface area contributed by atoms with Crippen molar-refractivity contribution in [2.75, 3.05) is 26.2 Å². The van der Waals surface area contributed by atoms with Crippen LogP contribution >= 0.6 is 11.3 Å². The molecular weight excluding hydrogens is 278 g/mol. The smallest absolute Gasteiger partial charge is 0.110 e. The Hall–Kier alpha value is -1.23. The molecule has 0 radical (unpaired) electrons. The van der Waals surface area contributed by atoms with Crippen molar-refractivity contribution in [2.45, 2.75) is 25.8 Å². The van der Waals surface area contributed by atoms with Crippen LogP contribution in [-0.4, -0.2) is 36.1 Å². The zero-order valence-corrected chi connectivity index (χ0v) is 13.4. The SMILES string of the molecule is CCCC(c1nc(-c2ccccc2)cs1)N1CCNCC1. The van der Waals surface area contributed by atoms with E-state index in [1.54, 1.807) is 0 Å². The first-order valence-corrected chi connectivity index (χ1v) is 8.72. The molecule has 1 atom stereocenters. The summed E-state index contributed by atoms with van der Waals surface area (Å²) in [5, 5.41) is 6.91. The first kappa shape index (κ1) is 14.7. The van der Waals surface area contributed by atoms with Crippen molar-refractivity contribution >= 4 is 11.3 Å². The molecule has 1 aromatic heterocycles. The summed E-state index contributed by atoms with van der Waals surface area (Å²) in [6, 6.07) is 11.0. The molecule has 1 fully saturated rings. The third-order valence-electron chi connectivity index (χ3n) is 4.03. The van der Waals surface area contributed by atoms with Gasteiger partial charge in [-0.3, -0.25) is 4.90 Å². The summed E-state index contributed by atoms with van der Waals surface area (Å²) in [7, 11) is 0. The lowest BCUT2D eigenvalue weighted by Gasteiger charge is -2.33. The van der Waals surface area contributed by atoms with Crippen LogP contribution in [0.2, 0.25) is 0 Å². The Kier molecular flexibility index (Phi) is 5.01. The maximum atomic E-state index is 4.93. The van der Waals surface area contributed by atoms with Crippen LogP contribution in [0.1, 0.15) is 30.8 Å². The molecule has 21 heavy (non-hydrogen) atoms. The number of benzene rings is 1. The van der Waals surface area contributed by atoms with Crippen LogP contribution in [0.15, 0.2) is 35.7 Å². The van der Waals surface area contributed by atoms with Gasteiger partial charge in [0.05, 0.1) is 11.7 Å². The van der Waals surface area contributed by atoms with Crippen LogP contribution in [0.3, 0.4) is 0 Å². The lowest BCUT2D eigenvalue weighted by atomic mass is 10.1. The number of rotatable bonds is 5. The van der Waals surface area contributed by atoms with Crippen LogP contribution in [0, 0.1) is 0 Å². The standard InChI is InChI=1S/C17H23N3S/c1-2-6-16(20-11-9-18-10-12-20)17-19-15(13-21-17)14-7-4-3-5-8-14/h3-5,7-8,13,16,18H,2,6,9-12H2,1H3. The molecule has 0 bridgehead atoms. The second-order valence-corrected chi connectivity index (χ2v) is 6.42. The first-order valence-electron chi connectivity index (χ1n) is 7.84. The molecule has 0 saturated carbocycles. The van der Waals surface area contributed by atoms with Crippen molar-refractivity contribution < 1.29 is 0 Å². The minimum absolute atomic E-state index is 0.486. The summed E-state index contributed by atoms with van der Waals surface area (Å²) in [6.07, 6.45) is 2.40. The Balaban J connectivity index is 1.81. The zero-order valence-electron chi connectivity index (χ0n) is 12.6. The molecule has 1 unspecified atom stereocenters. The second kappa shape index (κ2) is 7.16. The van der Waals surface area contributed by atoms with Gasteiger partial charge in [0.2, 0.25) is 0 Å². The number of aromatic nitrogens is 1. The van der Waals surface area contributed by atoms with Crippen molar-refractivity contribution in [2.24, 2.45) is 0 Å². The molecule has 4 heteroatoms. The van der Waals surface area contributed by atoms with Crippen LogP contribution in [0.5, 0.6) is 0 Å². The minimum atomic E-state index is 0.486. The summed E-state index contributed by atoms with van der Waals surface area (Å²) in [6.45, 7) is 6.71. The second-order valence-electron chi connectivity index (χ2n) is 5.53. The number of hydrogen-bond acceptors (Lipinski definition) is 4. The number of nitrogens with zero attached hydrogens (tertiary/aromatic N) is 2. The molecule has 3 rings (SSSR count). The molecule has 1 N–H and O–H groups in total. The number of hydrogen-bond donors (Lipinski definition) is 1. The third kappa shape index (κ3) is 3.51. The predicted octanol–water partition coefficient (Wildman–Crippen LogP) is 3.56. The Morgan fingerprint density at radius 1 is 1.24 bits per heavy atom. The van der Waals surface area contributed by atoms with Crippen molar-refractivity contribution in [3.63, 3.8) is 0 Å². The van der Waals surface area contributed by atoms with Crippen LogP contribution in [-0.2, 0) is 0 Å². The molecule has 1 saturated heterocycles. The van der Waals surface area contributed by atoms with Crippen molar-refractivity contribution in [1.29, 1.82) is 0 Å². The van der Waals surface area contributed by atoms with Gasteiger partial charge in [-0.05, 0) is 6.42 Å². The third-order valence-corrected chi connectivity index (χ3v) is 4.98. The molecular formula is C17H23N3S. The molecule has 0 aliphatic carbocycles. The maximum absolute atomic E-state index is 4.93. The van der Waals surface area contributed by atoms with Crippen LogP contribution in [0.25, 0.3) is 11.3 Å². The van der Waals surface area contributed by atoms with Gasteiger partial charge in [0.1, 0.15) is 5.01 Å². The topological polar surface area (TPSA) is 28.2 Å². The van der Waals surface area contributed by atoms with Crippen molar-refractivity contribution in [3.8, 4) is 11.3 Å². The Labute approximate surface area is 131 Å². The van der Waals surface area contributed by atoms with Crippen LogP contribution < -0.4 is 5.32 Å². The van der Waals surface area contributed by atoms with Crippen molar-refractivity contribution in [3.05, 3.63) is 40.7 Å². The largest absolute Gasteiger partial charge is 0.314 e. The Bertz CT molecular complexity index is 546. The van der Waals surface area contributed by atoms with Gasteiger partial charge in [-0.1, -0.05) is 43.7 Å².